The number of aromatic amines is 1. The van der Waals surface area contributed by atoms with Crippen LogP contribution in [-0.4, -0.2) is 22.4 Å². The molecule has 0 spiro atoms. The minimum atomic E-state index is -0.596. The zero-order chi connectivity index (χ0) is 17.6. The number of hydrogen-bond donors (Lipinski definition) is 2. The fourth-order valence-electron chi connectivity index (χ4n) is 3.51. The molecule has 0 saturated heterocycles. The average molecular weight is 341 g/mol. The smallest absolute Gasteiger partial charge is 0.251 e. The maximum Gasteiger partial charge on any atom is 0.251 e. The fourth-order valence-corrected chi connectivity index (χ4v) is 3.51. The van der Waals surface area contributed by atoms with E-state index in [1.165, 1.54) is 12.1 Å². The van der Waals surface area contributed by atoms with Gasteiger partial charge in [-0.25, -0.2) is 13.8 Å². The van der Waals surface area contributed by atoms with Crippen molar-refractivity contribution in [3.8, 4) is 0 Å². The molecule has 0 radical (unpaired) electrons. The van der Waals surface area contributed by atoms with E-state index in [1.54, 1.807) is 24.5 Å². The number of imidazole rings is 1. The van der Waals surface area contributed by atoms with Crippen LogP contribution in [0.25, 0.3) is 11.0 Å². The molecule has 4 nitrogen and oxygen atoms in total. The van der Waals surface area contributed by atoms with Gasteiger partial charge < -0.3 is 10.3 Å². The second kappa shape index (κ2) is 5.65. The third-order valence-corrected chi connectivity index (χ3v) is 5.17. The van der Waals surface area contributed by atoms with Crippen molar-refractivity contribution in [1.82, 2.24) is 15.3 Å². The van der Waals surface area contributed by atoms with Crippen LogP contribution < -0.4 is 5.32 Å². The molecule has 1 amide bonds. The molecule has 0 bridgehead atoms. The van der Waals surface area contributed by atoms with Gasteiger partial charge in [-0.15, -0.1) is 0 Å². The van der Waals surface area contributed by atoms with Crippen LogP contribution in [0.5, 0.6) is 0 Å². The minimum Gasteiger partial charge on any atom is -0.351 e. The summed E-state index contributed by atoms with van der Waals surface area (Å²) >= 11 is 0. The van der Waals surface area contributed by atoms with Gasteiger partial charge in [0.25, 0.3) is 5.91 Å². The lowest BCUT2D eigenvalue weighted by Crippen LogP contribution is -2.33. The summed E-state index contributed by atoms with van der Waals surface area (Å²) in [6.07, 6.45) is 2.33. The van der Waals surface area contributed by atoms with E-state index in [0.29, 0.717) is 17.7 Å². The van der Waals surface area contributed by atoms with Gasteiger partial charge in [0.15, 0.2) is 0 Å². The standard InChI is InChI=1S/C19H17F2N3O/c1-11-8-19(11,14-4-3-13(20)7-15(14)21)9-22-18(25)12-2-5-16-17(6-12)24-10-23-16/h2-7,10-11H,8-9H2,1H3,(H,22,25)(H,23,24). The second-order valence-electron chi connectivity index (χ2n) is 6.70. The molecule has 2 atom stereocenters. The fraction of sp³-hybridized carbons (Fsp3) is 0.263. The summed E-state index contributed by atoms with van der Waals surface area (Å²) < 4.78 is 27.4. The van der Waals surface area contributed by atoms with E-state index in [2.05, 4.69) is 15.3 Å². The summed E-state index contributed by atoms with van der Waals surface area (Å²) in [6.45, 7) is 2.32. The number of rotatable bonds is 4. The molecule has 6 heteroatoms. The van der Waals surface area contributed by atoms with Gasteiger partial charge in [0.1, 0.15) is 11.6 Å². The number of H-pyrrole nitrogens is 1. The summed E-state index contributed by atoms with van der Waals surface area (Å²) in [5.74, 6) is -1.15. The number of nitrogens with zero attached hydrogens (tertiary/aromatic N) is 1. The zero-order valence-electron chi connectivity index (χ0n) is 13.6. The second-order valence-corrected chi connectivity index (χ2v) is 6.70. The Morgan fingerprint density at radius 1 is 1.32 bits per heavy atom. The van der Waals surface area contributed by atoms with Crippen molar-refractivity contribution in [2.24, 2.45) is 5.92 Å². The third-order valence-electron chi connectivity index (χ3n) is 5.17. The Morgan fingerprint density at radius 3 is 2.84 bits per heavy atom. The molecule has 3 aromatic rings. The first-order chi connectivity index (χ1) is 12.0. The molecule has 1 heterocycles. The number of carbonyl (C=O) groups excluding carboxylic acids is 1. The van der Waals surface area contributed by atoms with Gasteiger partial charge in [-0.3, -0.25) is 4.79 Å². The molecule has 1 aliphatic rings. The molecule has 2 unspecified atom stereocenters. The zero-order valence-corrected chi connectivity index (χ0v) is 13.6. The predicted molar refractivity (Wildman–Crippen MR) is 90.2 cm³/mol. The van der Waals surface area contributed by atoms with Crippen molar-refractivity contribution >= 4 is 16.9 Å². The highest BCUT2D eigenvalue weighted by molar-refractivity contribution is 5.97. The topological polar surface area (TPSA) is 57.8 Å². The molecule has 1 saturated carbocycles. The van der Waals surface area contributed by atoms with E-state index in [4.69, 9.17) is 0 Å². The van der Waals surface area contributed by atoms with E-state index in [1.807, 2.05) is 6.92 Å². The van der Waals surface area contributed by atoms with Gasteiger partial charge in [-0.05, 0) is 42.2 Å². The van der Waals surface area contributed by atoms with Crippen molar-refractivity contribution in [1.29, 1.82) is 0 Å². The number of fused-ring (bicyclic) bond motifs is 1. The van der Waals surface area contributed by atoms with Gasteiger partial charge in [0.2, 0.25) is 0 Å². The Labute approximate surface area is 143 Å². The molecule has 4 rings (SSSR count). The molecule has 25 heavy (non-hydrogen) atoms. The number of benzene rings is 2. The van der Waals surface area contributed by atoms with Gasteiger partial charge in [0.05, 0.1) is 17.4 Å². The van der Waals surface area contributed by atoms with E-state index < -0.39 is 17.0 Å². The Morgan fingerprint density at radius 2 is 2.12 bits per heavy atom. The van der Waals surface area contributed by atoms with E-state index in [-0.39, 0.29) is 11.8 Å². The Hall–Kier alpha value is -2.76. The molecule has 128 valence electrons. The molecule has 1 aliphatic carbocycles. The highest BCUT2D eigenvalue weighted by Crippen LogP contribution is 2.54. The largest absolute Gasteiger partial charge is 0.351 e. The van der Waals surface area contributed by atoms with Crippen LogP contribution in [0.3, 0.4) is 0 Å². The highest BCUT2D eigenvalue weighted by atomic mass is 19.1. The summed E-state index contributed by atoms with van der Waals surface area (Å²) in [7, 11) is 0. The van der Waals surface area contributed by atoms with Crippen molar-refractivity contribution in [2.45, 2.75) is 18.8 Å². The molecule has 1 aromatic heterocycles. The van der Waals surface area contributed by atoms with Crippen LogP contribution in [-0.2, 0) is 5.41 Å². The highest BCUT2D eigenvalue weighted by Gasteiger charge is 2.53. The first kappa shape index (κ1) is 15.7. The number of nitrogens with one attached hydrogen (secondary N) is 2. The molecule has 2 aromatic carbocycles. The quantitative estimate of drug-likeness (QED) is 0.762. The first-order valence-corrected chi connectivity index (χ1v) is 8.16. The summed E-state index contributed by atoms with van der Waals surface area (Å²) in [6, 6.07) is 8.86. The maximum absolute atomic E-state index is 14.2. The molecular formula is C19H17F2N3O. The predicted octanol–water partition coefficient (Wildman–Crippen LogP) is 3.55. The number of aromatic nitrogens is 2. The average Bonchev–Trinajstić information content (AvgIpc) is 3.03. The first-order valence-electron chi connectivity index (χ1n) is 8.16. The van der Waals surface area contributed by atoms with Crippen LogP contribution in [0, 0.1) is 17.6 Å². The van der Waals surface area contributed by atoms with Crippen LogP contribution in [0.4, 0.5) is 8.78 Å². The number of halogens is 2. The van der Waals surface area contributed by atoms with Crippen molar-refractivity contribution in [3.05, 3.63) is 65.5 Å². The van der Waals surface area contributed by atoms with E-state index in [9.17, 15) is 13.6 Å². The minimum absolute atomic E-state index is 0.225. The van der Waals surface area contributed by atoms with Gasteiger partial charge in [0, 0.05) is 23.6 Å². The lowest BCUT2D eigenvalue weighted by Gasteiger charge is -2.19. The lowest BCUT2D eigenvalue weighted by atomic mass is 9.92. The van der Waals surface area contributed by atoms with Crippen LogP contribution in [0.2, 0.25) is 0 Å². The SMILES string of the molecule is CC1CC1(CNC(=O)c1ccc2nc[nH]c2c1)c1ccc(F)cc1F. The Bertz CT molecular complexity index is 968. The van der Waals surface area contributed by atoms with Crippen molar-refractivity contribution in [2.75, 3.05) is 6.54 Å². The van der Waals surface area contributed by atoms with Crippen LogP contribution >= 0.6 is 0 Å². The van der Waals surface area contributed by atoms with Crippen molar-refractivity contribution < 1.29 is 13.6 Å². The monoisotopic (exact) mass is 341 g/mol. The number of amides is 1. The molecule has 1 fully saturated rings. The third kappa shape index (κ3) is 2.67. The Balaban J connectivity index is 1.53. The van der Waals surface area contributed by atoms with Gasteiger partial charge in [-0.1, -0.05) is 13.0 Å². The van der Waals surface area contributed by atoms with Gasteiger partial charge >= 0.3 is 0 Å². The summed E-state index contributed by atoms with van der Waals surface area (Å²) in [4.78, 5) is 19.6. The Kier molecular flexibility index (Phi) is 3.56. The van der Waals surface area contributed by atoms with Gasteiger partial charge in [-0.2, -0.15) is 0 Å². The van der Waals surface area contributed by atoms with E-state index in [0.717, 1.165) is 23.5 Å². The summed E-state index contributed by atoms with van der Waals surface area (Å²) in [5, 5.41) is 2.90. The number of hydrogen-bond acceptors (Lipinski definition) is 2. The van der Waals surface area contributed by atoms with Crippen molar-refractivity contribution in [3.63, 3.8) is 0 Å². The summed E-state index contributed by atoms with van der Waals surface area (Å²) in [5.41, 5.74) is 2.08. The lowest BCUT2D eigenvalue weighted by molar-refractivity contribution is 0.0949. The van der Waals surface area contributed by atoms with Crippen LogP contribution in [0.15, 0.2) is 42.7 Å². The number of carbonyl (C=O) groups is 1. The van der Waals surface area contributed by atoms with Crippen LogP contribution in [0.1, 0.15) is 29.3 Å². The molecule has 0 aliphatic heterocycles. The molecule has 2 N–H and O–H groups in total. The van der Waals surface area contributed by atoms with E-state index >= 15 is 0 Å². The molecular weight excluding hydrogens is 324 g/mol. The maximum atomic E-state index is 14.2. The normalized spacial score (nSPS) is 22.1.